The number of Topliss-reactive ketones (excluding diaryl/α,β-unsaturated/α-hetero) is 1. The fraction of sp³-hybridized carbons (Fsp3) is 0.407. The number of amides is 1. The molecule has 5 heteroatoms. The standard InChI is InChI=1S/C27H30N2O3/c1-3-19(22-17-28-23-7-5-4-6-20(22)23)15-26(31)29-12-10-27(11-13-29)16-24(30)21-14-18(2)8-9-25(21)32-27/h4-9,14,17,19,28H,3,10-13,15-16H2,1-2H3/t19-/m1/s1. The Bertz CT molecular complexity index is 1170. The number of H-pyrrole nitrogens is 1. The third kappa shape index (κ3) is 3.70. The zero-order valence-electron chi connectivity index (χ0n) is 18.8. The lowest BCUT2D eigenvalue weighted by Gasteiger charge is -2.44. The van der Waals surface area contributed by atoms with Crippen LogP contribution in [0, 0.1) is 6.92 Å². The molecule has 5 rings (SSSR count). The van der Waals surface area contributed by atoms with Gasteiger partial charge < -0.3 is 14.6 Å². The van der Waals surface area contributed by atoms with Crippen LogP contribution in [0.4, 0.5) is 0 Å². The first kappa shape index (κ1) is 20.8. The minimum Gasteiger partial charge on any atom is -0.486 e. The van der Waals surface area contributed by atoms with Crippen molar-refractivity contribution in [1.82, 2.24) is 9.88 Å². The molecular formula is C27H30N2O3. The van der Waals surface area contributed by atoms with Crippen molar-refractivity contribution in [3.63, 3.8) is 0 Å². The smallest absolute Gasteiger partial charge is 0.223 e. The average Bonchev–Trinajstić information content (AvgIpc) is 3.22. The number of aromatic nitrogens is 1. The molecule has 0 aliphatic carbocycles. The summed E-state index contributed by atoms with van der Waals surface area (Å²) in [5, 5.41) is 1.20. The number of hydrogen-bond acceptors (Lipinski definition) is 3. The molecule has 0 bridgehead atoms. The quantitative estimate of drug-likeness (QED) is 0.604. The van der Waals surface area contributed by atoms with Gasteiger partial charge in [0.25, 0.3) is 0 Å². The van der Waals surface area contributed by atoms with Crippen LogP contribution in [0.3, 0.4) is 0 Å². The largest absolute Gasteiger partial charge is 0.486 e. The van der Waals surface area contributed by atoms with Crippen LogP contribution < -0.4 is 4.74 Å². The van der Waals surface area contributed by atoms with Crippen LogP contribution in [-0.4, -0.2) is 40.3 Å². The van der Waals surface area contributed by atoms with Crippen molar-refractivity contribution in [2.45, 2.75) is 57.5 Å². The summed E-state index contributed by atoms with van der Waals surface area (Å²) in [5.41, 5.74) is 3.62. The number of likely N-dealkylation sites (tertiary alicyclic amines) is 1. The van der Waals surface area contributed by atoms with Crippen molar-refractivity contribution in [2.24, 2.45) is 0 Å². The summed E-state index contributed by atoms with van der Waals surface area (Å²) in [6, 6.07) is 14.1. The van der Waals surface area contributed by atoms with E-state index in [4.69, 9.17) is 4.74 Å². The molecular weight excluding hydrogens is 400 g/mol. The molecule has 1 spiro atoms. The molecule has 1 saturated heterocycles. The molecule has 0 saturated carbocycles. The molecule has 3 heterocycles. The van der Waals surface area contributed by atoms with E-state index in [0.717, 1.165) is 17.5 Å². The first-order chi connectivity index (χ1) is 15.5. The number of nitrogens with one attached hydrogen (secondary N) is 1. The average molecular weight is 431 g/mol. The van der Waals surface area contributed by atoms with E-state index < -0.39 is 5.60 Å². The van der Waals surface area contributed by atoms with E-state index >= 15 is 0 Å². The number of hydrogen-bond donors (Lipinski definition) is 1. The number of aromatic amines is 1. The predicted octanol–water partition coefficient (Wildman–Crippen LogP) is 5.39. The van der Waals surface area contributed by atoms with E-state index in [2.05, 4.69) is 30.2 Å². The lowest BCUT2D eigenvalue weighted by molar-refractivity contribution is -0.135. The SMILES string of the molecule is CC[C@H](CC(=O)N1CCC2(CC1)CC(=O)c1cc(C)ccc1O2)c1c[nH]c2ccccc12. The number of ether oxygens (including phenoxy) is 1. The topological polar surface area (TPSA) is 62.4 Å². The molecule has 2 aliphatic rings. The number of para-hydroxylation sites is 1. The van der Waals surface area contributed by atoms with Crippen LogP contribution >= 0.6 is 0 Å². The van der Waals surface area contributed by atoms with E-state index in [1.54, 1.807) is 0 Å². The van der Waals surface area contributed by atoms with E-state index in [-0.39, 0.29) is 17.6 Å². The molecule has 1 fully saturated rings. The van der Waals surface area contributed by atoms with Crippen molar-refractivity contribution >= 4 is 22.6 Å². The molecule has 1 N–H and O–H groups in total. The number of carbonyl (C=O) groups is 2. The summed E-state index contributed by atoms with van der Waals surface area (Å²) in [6.45, 7) is 5.41. The summed E-state index contributed by atoms with van der Waals surface area (Å²) in [4.78, 5) is 31.3. The maximum atomic E-state index is 13.2. The van der Waals surface area contributed by atoms with Crippen molar-refractivity contribution in [3.05, 3.63) is 65.4 Å². The number of ketones is 1. The summed E-state index contributed by atoms with van der Waals surface area (Å²) in [6.07, 6.45) is 5.27. The van der Waals surface area contributed by atoms with Gasteiger partial charge in [0.15, 0.2) is 5.78 Å². The molecule has 32 heavy (non-hydrogen) atoms. The maximum Gasteiger partial charge on any atom is 0.223 e. The highest BCUT2D eigenvalue weighted by Crippen LogP contribution is 2.40. The molecule has 2 aromatic carbocycles. The number of piperidine rings is 1. The fourth-order valence-corrected chi connectivity index (χ4v) is 5.30. The van der Waals surface area contributed by atoms with Crippen LogP contribution in [0.2, 0.25) is 0 Å². The Morgan fingerprint density at radius 3 is 2.75 bits per heavy atom. The molecule has 0 unspecified atom stereocenters. The second-order valence-electron chi connectivity index (χ2n) is 9.36. The van der Waals surface area contributed by atoms with Crippen molar-refractivity contribution < 1.29 is 14.3 Å². The zero-order chi connectivity index (χ0) is 22.3. The first-order valence-corrected chi connectivity index (χ1v) is 11.6. The number of aryl methyl sites for hydroxylation is 1. The summed E-state index contributed by atoms with van der Waals surface area (Å²) >= 11 is 0. The lowest BCUT2D eigenvalue weighted by atomic mass is 9.82. The molecule has 1 amide bonds. The number of rotatable bonds is 4. The Kier molecular flexibility index (Phi) is 5.28. The van der Waals surface area contributed by atoms with Gasteiger partial charge in [-0.2, -0.15) is 0 Å². The van der Waals surface area contributed by atoms with Gasteiger partial charge in [-0.3, -0.25) is 9.59 Å². The van der Waals surface area contributed by atoms with Gasteiger partial charge in [0.1, 0.15) is 11.4 Å². The van der Waals surface area contributed by atoms with Gasteiger partial charge in [-0.05, 0) is 43.0 Å². The third-order valence-electron chi connectivity index (χ3n) is 7.25. The molecule has 1 atom stereocenters. The lowest BCUT2D eigenvalue weighted by Crippen LogP contribution is -2.52. The zero-order valence-corrected chi connectivity index (χ0v) is 18.8. The number of benzene rings is 2. The second kappa shape index (κ2) is 8.12. The maximum absolute atomic E-state index is 13.2. The number of carbonyl (C=O) groups excluding carboxylic acids is 2. The summed E-state index contributed by atoms with van der Waals surface area (Å²) in [7, 11) is 0. The minimum absolute atomic E-state index is 0.153. The Labute approximate surface area is 188 Å². The van der Waals surface area contributed by atoms with Crippen LogP contribution in [-0.2, 0) is 4.79 Å². The first-order valence-electron chi connectivity index (χ1n) is 11.6. The van der Waals surface area contributed by atoms with Gasteiger partial charge in [-0.15, -0.1) is 0 Å². The third-order valence-corrected chi connectivity index (χ3v) is 7.25. The number of nitrogens with zero attached hydrogens (tertiary/aromatic N) is 1. The Morgan fingerprint density at radius 1 is 1.19 bits per heavy atom. The highest BCUT2D eigenvalue weighted by molar-refractivity contribution is 6.00. The Hall–Kier alpha value is -3.08. The Balaban J connectivity index is 1.25. The molecule has 2 aliphatic heterocycles. The fourth-order valence-electron chi connectivity index (χ4n) is 5.30. The van der Waals surface area contributed by atoms with Gasteiger partial charge in [0.05, 0.1) is 12.0 Å². The van der Waals surface area contributed by atoms with Gasteiger partial charge in [-0.25, -0.2) is 0 Å². The van der Waals surface area contributed by atoms with Gasteiger partial charge >= 0.3 is 0 Å². The van der Waals surface area contributed by atoms with Crippen LogP contribution in [0.5, 0.6) is 5.75 Å². The summed E-state index contributed by atoms with van der Waals surface area (Å²) in [5.74, 6) is 1.23. The molecule has 166 valence electrons. The van der Waals surface area contributed by atoms with Crippen LogP contribution in [0.25, 0.3) is 10.9 Å². The highest BCUT2D eigenvalue weighted by Gasteiger charge is 2.43. The highest BCUT2D eigenvalue weighted by atomic mass is 16.5. The minimum atomic E-state index is -0.475. The molecule has 1 aromatic heterocycles. The van der Waals surface area contributed by atoms with Crippen LogP contribution in [0.1, 0.15) is 66.4 Å². The monoisotopic (exact) mass is 430 g/mol. The Morgan fingerprint density at radius 2 is 1.97 bits per heavy atom. The number of fused-ring (bicyclic) bond motifs is 2. The van der Waals surface area contributed by atoms with Crippen molar-refractivity contribution in [1.29, 1.82) is 0 Å². The van der Waals surface area contributed by atoms with Gasteiger partial charge in [0.2, 0.25) is 5.91 Å². The van der Waals surface area contributed by atoms with Crippen molar-refractivity contribution in [2.75, 3.05) is 13.1 Å². The molecule has 5 nitrogen and oxygen atoms in total. The van der Waals surface area contributed by atoms with E-state index in [9.17, 15) is 9.59 Å². The van der Waals surface area contributed by atoms with E-state index in [1.165, 1.54) is 10.9 Å². The summed E-state index contributed by atoms with van der Waals surface area (Å²) < 4.78 is 6.36. The molecule has 3 aromatic rings. The molecule has 0 radical (unpaired) electrons. The second-order valence-corrected chi connectivity index (χ2v) is 9.36. The van der Waals surface area contributed by atoms with Crippen LogP contribution in [0.15, 0.2) is 48.7 Å². The van der Waals surface area contributed by atoms with E-state index in [0.29, 0.717) is 50.1 Å². The van der Waals surface area contributed by atoms with E-state index in [1.807, 2.05) is 42.2 Å². The predicted molar refractivity (Wildman–Crippen MR) is 125 cm³/mol. The van der Waals surface area contributed by atoms with Gasteiger partial charge in [-0.1, -0.05) is 36.8 Å². The van der Waals surface area contributed by atoms with Crippen molar-refractivity contribution in [3.8, 4) is 5.75 Å². The van der Waals surface area contributed by atoms with Gasteiger partial charge in [0, 0.05) is 49.5 Å². The normalized spacial score (nSPS) is 18.4.